The summed E-state index contributed by atoms with van der Waals surface area (Å²) in [5, 5.41) is 2.92. The first kappa shape index (κ1) is 16.9. The fourth-order valence-corrected chi connectivity index (χ4v) is 3.45. The summed E-state index contributed by atoms with van der Waals surface area (Å²) in [6, 6.07) is 7.23. The van der Waals surface area contributed by atoms with Crippen molar-refractivity contribution in [2.45, 2.75) is 19.4 Å². The van der Waals surface area contributed by atoms with E-state index >= 15 is 0 Å². The summed E-state index contributed by atoms with van der Waals surface area (Å²) >= 11 is 0. The Morgan fingerprint density at radius 1 is 1.27 bits per heavy atom. The molecule has 3 N–H and O–H groups in total. The molecule has 1 fully saturated rings. The van der Waals surface area contributed by atoms with E-state index in [1.54, 1.807) is 12.1 Å². The van der Waals surface area contributed by atoms with Crippen molar-refractivity contribution in [1.82, 2.24) is 9.62 Å². The van der Waals surface area contributed by atoms with Crippen molar-refractivity contribution >= 4 is 15.9 Å². The Balaban J connectivity index is 1.80. The van der Waals surface area contributed by atoms with Gasteiger partial charge in [-0.1, -0.05) is 12.1 Å². The van der Waals surface area contributed by atoms with Crippen molar-refractivity contribution < 1.29 is 13.2 Å². The van der Waals surface area contributed by atoms with Gasteiger partial charge in [0.2, 0.25) is 10.0 Å². The summed E-state index contributed by atoms with van der Waals surface area (Å²) in [5.74, 6) is 0.222. The van der Waals surface area contributed by atoms with Crippen molar-refractivity contribution in [2.24, 2.45) is 11.7 Å². The summed E-state index contributed by atoms with van der Waals surface area (Å²) in [6.07, 6.45) is 2.79. The van der Waals surface area contributed by atoms with Gasteiger partial charge in [0.05, 0.1) is 6.26 Å². The third-order valence-corrected chi connectivity index (χ3v) is 5.35. The lowest BCUT2D eigenvalue weighted by molar-refractivity contribution is 0.0941. The van der Waals surface area contributed by atoms with Gasteiger partial charge in [-0.05, 0) is 36.5 Å². The van der Waals surface area contributed by atoms with Crippen molar-refractivity contribution in [3.63, 3.8) is 0 Å². The van der Waals surface area contributed by atoms with Crippen molar-refractivity contribution in [3.8, 4) is 0 Å². The molecule has 1 aliphatic rings. The van der Waals surface area contributed by atoms with Gasteiger partial charge >= 0.3 is 0 Å². The summed E-state index contributed by atoms with van der Waals surface area (Å²) in [5.41, 5.74) is 7.13. The zero-order chi connectivity index (χ0) is 16.2. The molecule has 0 spiro atoms. The van der Waals surface area contributed by atoms with Crippen LogP contribution in [0, 0.1) is 5.92 Å². The Morgan fingerprint density at radius 2 is 1.86 bits per heavy atom. The number of carbonyl (C=O) groups is 1. The number of hydrogen-bond acceptors (Lipinski definition) is 4. The maximum atomic E-state index is 12.1. The molecule has 1 saturated heterocycles. The van der Waals surface area contributed by atoms with Crippen LogP contribution in [-0.2, 0) is 16.6 Å². The normalized spacial score (nSPS) is 17.4. The highest BCUT2D eigenvalue weighted by Gasteiger charge is 2.25. The van der Waals surface area contributed by atoms with Gasteiger partial charge in [0.25, 0.3) is 5.91 Å². The van der Waals surface area contributed by atoms with Crippen molar-refractivity contribution in [3.05, 3.63) is 35.4 Å². The van der Waals surface area contributed by atoms with Crippen molar-refractivity contribution in [2.75, 3.05) is 25.9 Å². The predicted octanol–water partition coefficient (Wildman–Crippen LogP) is 0.547. The van der Waals surface area contributed by atoms with E-state index in [9.17, 15) is 13.2 Å². The third kappa shape index (κ3) is 4.53. The number of benzene rings is 1. The quantitative estimate of drug-likeness (QED) is 0.827. The molecule has 0 saturated carbocycles. The molecule has 122 valence electrons. The highest BCUT2D eigenvalue weighted by Crippen LogP contribution is 2.18. The molecule has 0 bridgehead atoms. The third-order valence-electron chi connectivity index (χ3n) is 4.05. The minimum atomic E-state index is -3.09. The van der Waals surface area contributed by atoms with E-state index in [0.29, 0.717) is 37.7 Å². The van der Waals surface area contributed by atoms with E-state index in [-0.39, 0.29) is 5.91 Å². The molecular weight excluding hydrogens is 302 g/mol. The Bertz CT molecular complexity index is 605. The minimum Gasteiger partial charge on any atom is -0.352 e. The minimum absolute atomic E-state index is 0.103. The van der Waals surface area contributed by atoms with Crippen LogP contribution in [0.15, 0.2) is 24.3 Å². The number of sulfonamides is 1. The highest BCUT2D eigenvalue weighted by atomic mass is 32.2. The smallest absolute Gasteiger partial charge is 0.251 e. The van der Waals surface area contributed by atoms with E-state index in [0.717, 1.165) is 18.4 Å². The first-order chi connectivity index (χ1) is 10.4. The lowest BCUT2D eigenvalue weighted by Crippen LogP contribution is -2.41. The molecule has 1 aliphatic heterocycles. The van der Waals surface area contributed by atoms with Gasteiger partial charge in [-0.2, -0.15) is 0 Å². The molecule has 2 rings (SSSR count). The first-order valence-corrected chi connectivity index (χ1v) is 9.27. The van der Waals surface area contributed by atoms with Crippen molar-refractivity contribution in [1.29, 1.82) is 0 Å². The predicted molar refractivity (Wildman–Crippen MR) is 85.8 cm³/mol. The summed E-state index contributed by atoms with van der Waals surface area (Å²) in [6.45, 7) is 2.10. The van der Waals surface area contributed by atoms with E-state index in [4.69, 9.17) is 5.73 Å². The van der Waals surface area contributed by atoms with Crippen LogP contribution in [0.4, 0.5) is 0 Å². The molecule has 1 aromatic carbocycles. The van der Waals surface area contributed by atoms with E-state index < -0.39 is 10.0 Å². The molecule has 6 nitrogen and oxygen atoms in total. The molecule has 1 heterocycles. The van der Waals surface area contributed by atoms with Gasteiger partial charge in [-0.15, -0.1) is 0 Å². The summed E-state index contributed by atoms with van der Waals surface area (Å²) in [4.78, 5) is 12.1. The lowest BCUT2D eigenvalue weighted by Gasteiger charge is -2.30. The zero-order valence-electron chi connectivity index (χ0n) is 12.8. The van der Waals surface area contributed by atoms with Crippen LogP contribution < -0.4 is 11.1 Å². The van der Waals surface area contributed by atoms with Gasteiger partial charge in [0.15, 0.2) is 0 Å². The fraction of sp³-hybridized carbons (Fsp3) is 0.533. The molecule has 0 aliphatic carbocycles. The number of nitrogens with zero attached hydrogens (tertiary/aromatic N) is 1. The second-order valence-corrected chi connectivity index (χ2v) is 7.70. The number of hydrogen-bond donors (Lipinski definition) is 2. The molecule has 0 atom stereocenters. The maximum absolute atomic E-state index is 12.1. The van der Waals surface area contributed by atoms with Crippen LogP contribution in [-0.4, -0.2) is 44.5 Å². The van der Waals surface area contributed by atoms with Gasteiger partial charge in [-0.25, -0.2) is 12.7 Å². The van der Waals surface area contributed by atoms with Gasteiger partial charge in [0, 0.05) is 31.7 Å². The maximum Gasteiger partial charge on any atom is 0.251 e. The van der Waals surface area contributed by atoms with Crippen LogP contribution in [0.5, 0.6) is 0 Å². The molecule has 0 radical (unpaired) electrons. The highest BCUT2D eigenvalue weighted by molar-refractivity contribution is 7.88. The van der Waals surface area contributed by atoms with Gasteiger partial charge in [-0.3, -0.25) is 4.79 Å². The lowest BCUT2D eigenvalue weighted by atomic mass is 9.98. The molecule has 0 aromatic heterocycles. The number of rotatable bonds is 5. The SMILES string of the molecule is CS(=O)(=O)N1CCC(CNC(=O)c2ccc(CN)cc2)CC1. The summed E-state index contributed by atoms with van der Waals surface area (Å²) < 4.78 is 24.4. The topological polar surface area (TPSA) is 92.5 Å². The van der Waals surface area contributed by atoms with Gasteiger partial charge < -0.3 is 11.1 Å². The molecule has 1 aromatic rings. The van der Waals surface area contributed by atoms with Gasteiger partial charge in [0.1, 0.15) is 0 Å². The van der Waals surface area contributed by atoms with Crippen LogP contribution in [0.2, 0.25) is 0 Å². The molecule has 1 amide bonds. The Kier molecular flexibility index (Phi) is 5.55. The average molecular weight is 325 g/mol. The number of piperidine rings is 1. The molecule has 0 unspecified atom stereocenters. The number of carbonyl (C=O) groups excluding carboxylic acids is 1. The van der Waals surface area contributed by atoms with E-state index in [1.165, 1.54) is 10.6 Å². The van der Waals surface area contributed by atoms with E-state index in [2.05, 4.69) is 5.32 Å². The standard InChI is InChI=1S/C15H23N3O3S/c1-22(20,21)18-8-6-13(7-9-18)11-17-15(19)14-4-2-12(10-16)3-5-14/h2-5,13H,6-11,16H2,1H3,(H,17,19). The second-order valence-electron chi connectivity index (χ2n) is 5.72. The van der Waals surface area contributed by atoms with Crippen LogP contribution in [0.25, 0.3) is 0 Å². The largest absolute Gasteiger partial charge is 0.352 e. The average Bonchev–Trinajstić information content (AvgIpc) is 2.52. The summed E-state index contributed by atoms with van der Waals surface area (Å²) in [7, 11) is -3.09. The van der Waals surface area contributed by atoms with Crippen LogP contribution in [0.3, 0.4) is 0 Å². The Labute approximate surface area is 131 Å². The Hall–Kier alpha value is -1.44. The number of nitrogens with one attached hydrogen (secondary N) is 1. The fourth-order valence-electron chi connectivity index (χ4n) is 2.58. The Morgan fingerprint density at radius 3 is 2.36 bits per heavy atom. The number of nitrogens with two attached hydrogens (primary N) is 1. The molecular formula is C15H23N3O3S. The first-order valence-electron chi connectivity index (χ1n) is 7.42. The zero-order valence-corrected chi connectivity index (χ0v) is 13.6. The van der Waals surface area contributed by atoms with Crippen LogP contribution in [0.1, 0.15) is 28.8 Å². The monoisotopic (exact) mass is 325 g/mol. The molecule has 22 heavy (non-hydrogen) atoms. The number of amides is 1. The van der Waals surface area contributed by atoms with E-state index in [1.807, 2.05) is 12.1 Å². The molecule has 7 heteroatoms. The second kappa shape index (κ2) is 7.21. The van der Waals surface area contributed by atoms with Crippen LogP contribution >= 0.6 is 0 Å².